The minimum absolute atomic E-state index is 0.153. The maximum atomic E-state index is 12.7. The Hall–Kier alpha value is -1.10. The van der Waals surface area contributed by atoms with Crippen LogP contribution in [0.15, 0.2) is 0 Å². The number of carbonyl (C=O) groups excluding carboxylic acids is 2. The third-order valence-corrected chi connectivity index (χ3v) is 4.48. The zero-order valence-corrected chi connectivity index (χ0v) is 11.1. The molecule has 2 aliphatic rings. The molecule has 2 aliphatic heterocycles. The first kappa shape index (κ1) is 13.3. The maximum Gasteiger partial charge on any atom is 0.230 e. The molecule has 0 radical (unpaired) electrons. The fourth-order valence-corrected chi connectivity index (χ4v) is 3.12. The van der Waals surface area contributed by atoms with Gasteiger partial charge in [-0.2, -0.15) is 0 Å². The highest BCUT2D eigenvalue weighted by Crippen LogP contribution is 2.34. The van der Waals surface area contributed by atoms with Gasteiger partial charge in [-0.25, -0.2) is 0 Å². The number of hydrogen-bond donors (Lipinski definition) is 2. The van der Waals surface area contributed by atoms with Crippen molar-refractivity contribution >= 4 is 11.8 Å². The van der Waals surface area contributed by atoms with Crippen LogP contribution >= 0.6 is 0 Å². The normalized spacial score (nSPS) is 32.5. The van der Waals surface area contributed by atoms with E-state index in [4.69, 9.17) is 5.73 Å². The molecule has 2 atom stereocenters. The van der Waals surface area contributed by atoms with Crippen LogP contribution < -0.4 is 11.1 Å². The van der Waals surface area contributed by atoms with E-state index in [1.807, 2.05) is 4.90 Å². The van der Waals surface area contributed by atoms with Crippen LogP contribution in [0, 0.1) is 11.3 Å². The second-order valence-corrected chi connectivity index (χ2v) is 5.55. The summed E-state index contributed by atoms with van der Waals surface area (Å²) in [5.74, 6) is -0.224. The molecule has 2 fully saturated rings. The highest BCUT2D eigenvalue weighted by Gasteiger charge is 2.43. The summed E-state index contributed by atoms with van der Waals surface area (Å²) in [6.07, 6.45) is 3.57. The number of likely N-dealkylation sites (tertiary alicyclic amines) is 1. The van der Waals surface area contributed by atoms with E-state index in [0.717, 1.165) is 32.4 Å². The van der Waals surface area contributed by atoms with Gasteiger partial charge in [0.2, 0.25) is 11.8 Å². The van der Waals surface area contributed by atoms with Gasteiger partial charge in [0, 0.05) is 19.6 Å². The summed E-state index contributed by atoms with van der Waals surface area (Å²) in [5.41, 5.74) is 5.06. The number of nitrogens with zero attached hydrogens (tertiary/aromatic N) is 1. The third-order valence-electron chi connectivity index (χ3n) is 4.48. The first-order valence-electron chi connectivity index (χ1n) is 6.88. The third kappa shape index (κ3) is 2.36. The quantitative estimate of drug-likeness (QED) is 0.749. The Morgan fingerprint density at radius 3 is 2.78 bits per heavy atom. The lowest BCUT2D eigenvalue weighted by Crippen LogP contribution is -2.51. The Morgan fingerprint density at radius 2 is 2.28 bits per heavy atom. The fourth-order valence-electron chi connectivity index (χ4n) is 3.12. The molecule has 2 saturated heterocycles. The smallest absolute Gasteiger partial charge is 0.230 e. The van der Waals surface area contributed by atoms with E-state index < -0.39 is 0 Å². The Balaban J connectivity index is 2.04. The minimum Gasteiger partial charge on any atom is -0.369 e. The van der Waals surface area contributed by atoms with Crippen LogP contribution in [0.5, 0.6) is 0 Å². The van der Waals surface area contributed by atoms with Crippen LogP contribution in [0.1, 0.15) is 32.6 Å². The highest BCUT2D eigenvalue weighted by atomic mass is 16.2. The number of nitrogens with one attached hydrogen (secondary N) is 1. The zero-order valence-electron chi connectivity index (χ0n) is 11.1. The average molecular weight is 253 g/mol. The van der Waals surface area contributed by atoms with Crippen molar-refractivity contribution in [2.75, 3.05) is 26.2 Å². The first-order valence-corrected chi connectivity index (χ1v) is 6.88. The zero-order chi connectivity index (χ0) is 13.2. The molecule has 102 valence electrons. The Bertz CT molecular complexity index is 337. The van der Waals surface area contributed by atoms with Crippen LogP contribution in [-0.2, 0) is 9.59 Å². The summed E-state index contributed by atoms with van der Waals surface area (Å²) in [6, 6.07) is 0. The van der Waals surface area contributed by atoms with E-state index >= 15 is 0 Å². The number of amides is 2. The first-order chi connectivity index (χ1) is 8.59. The molecule has 2 heterocycles. The molecule has 0 saturated carbocycles. The van der Waals surface area contributed by atoms with Gasteiger partial charge in [-0.1, -0.05) is 6.92 Å². The predicted molar refractivity (Wildman–Crippen MR) is 68.7 cm³/mol. The van der Waals surface area contributed by atoms with Crippen molar-refractivity contribution < 1.29 is 9.59 Å². The van der Waals surface area contributed by atoms with Gasteiger partial charge >= 0.3 is 0 Å². The highest BCUT2D eigenvalue weighted by molar-refractivity contribution is 5.85. The van der Waals surface area contributed by atoms with E-state index in [2.05, 4.69) is 12.2 Å². The van der Waals surface area contributed by atoms with Crippen LogP contribution in [0.25, 0.3) is 0 Å². The number of piperidine rings is 1. The molecule has 18 heavy (non-hydrogen) atoms. The van der Waals surface area contributed by atoms with E-state index in [-0.39, 0.29) is 23.1 Å². The van der Waals surface area contributed by atoms with Crippen LogP contribution in [0.2, 0.25) is 0 Å². The lowest BCUT2D eigenvalue weighted by molar-refractivity contribution is -0.142. The summed E-state index contributed by atoms with van der Waals surface area (Å²) in [7, 11) is 0. The van der Waals surface area contributed by atoms with E-state index in [9.17, 15) is 9.59 Å². The van der Waals surface area contributed by atoms with Crippen LogP contribution in [0.3, 0.4) is 0 Å². The summed E-state index contributed by atoms with van der Waals surface area (Å²) < 4.78 is 0. The number of carbonyl (C=O) groups is 2. The molecule has 0 aromatic carbocycles. The maximum absolute atomic E-state index is 12.7. The summed E-state index contributed by atoms with van der Waals surface area (Å²) in [6.45, 7) is 5.02. The molecule has 2 rings (SSSR count). The van der Waals surface area contributed by atoms with Crippen LogP contribution in [0.4, 0.5) is 0 Å². The molecular weight excluding hydrogens is 230 g/mol. The van der Waals surface area contributed by atoms with E-state index in [0.29, 0.717) is 19.5 Å². The predicted octanol–water partition coefficient (Wildman–Crippen LogP) is 0.100. The lowest BCUT2D eigenvalue weighted by atomic mass is 9.77. The van der Waals surface area contributed by atoms with Gasteiger partial charge in [0.15, 0.2) is 0 Å². The SMILES string of the molecule is CCC1(C(=O)N2CCC(C(N)=O)C2)CCCNC1. The van der Waals surface area contributed by atoms with Crippen molar-refractivity contribution in [1.82, 2.24) is 10.2 Å². The van der Waals surface area contributed by atoms with Gasteiger partial charge in [-0.15, -0.1) is 0 Å². The van der Waals surface area contributed by atoms with Gasteiger partial charge in [0.1, 0.15) is 0 Å². The van der Waals surface area contributed by atoms with Crippen molar-refractivity contribution in [3.63, 3.8) is 0 Å². The molecule has 0 aromatic rings. The second kappa shape index (κ2) is 5.26. The summed E-state index contributed by atoms with van der Waals surface area (Å²) >= 11 is 0. The standard InChI is InChI=1S/C13H23N3O2/c1-2-13(5-3-6-15-9-13)12(18)16-7-4-10(8-16)11(14)17/h10,15H,2-9H2,1H3,(H2,14,17). The molecule has 0 aromatic heterocycles. The molecule has 3 N–H and O–H groups in total. The Labute approximate surface area is 108 Å². The number of nitrogens with two attached hydrogens (primary N) is 1. The number of hydrogen-bond acceptors (Lipinski definition) is 3. The van der Waals surface area contributed by atoms with Gasteiger partial charge in [0.05, 0.1) is 11.3 Å². The van der Waals surface area contributed by atoms with Crippen molar-refractivity contribution in [2.45, 2.75) is 32.6 Å². The van der Waals surface area contributed by atoms with Crippen molar-refractivity contribution in [3.05, 3.63) is 0 Å². The second-order valence-electron chi connectivity index (χ2n) is 5.55. The molecule has 0 aliphatic carbocycles. The minimum atomic E-state index is -0.280. The summed E-state index contributed by atoms with van der Waals surface area (Å²) in [4.78, 5) is 25.7. The van der Waals surface area contributed by atoms with E-state index in [1.165, 1.54) is 0 Å². The molecule has 2 unspecified atom stereocenters. The molecule has 2 amide bonds. The Morgan fingerprint density at radius 1 is 1.50 bits per heavy atom. The fraction of sp³-hybridized carbons (Fsp3) is 0.846. The summed E-state index contributed by atoms with van der Waals surface area (Å²) in [5, 5.41) is 3.33. The largest absolute Gasteiger partial charge is 0.369 e. The molecular formula is C13H23N3O2. The molecule has 0 spiro atoms. The average Bonchev–Trinajstić information content (AvgIpc) is 2.88. The lowest BCUT2D eigenvalue weighted by Gasteiger charge is -2.38. The van der Waals surface area contributed by atoms with Gasteiger partial charge < -0.3 is 16.0 Å². The van der Waals surface area contributed by atoms with Crippen molar-refractivity contribution in [1.29, 1.82) is 0 Å². The van der Waals surface area contributed by atoms with Crippen molar-refractivity contribution in [3.8, 4) is 0 Å². The van der Waals surface area contributed by atoms with Gasteiger partial charge in [-0.05, 0) is 32.2 Å². The number of rotatable bonds is 3. The Kier molecular flexibility index (Phi) is 3.90. The van der Waals surface area contributed by atoms with Gasteiger partial charge in [-0.3, -0.25) is 9.59 Å². The van der Waals surface area contributed by atoms with Gasteiger partial charge in [0.25, 0.3) is 0 Å². The monoisotopic (exact) mass is 253 g/mol. The van der Waals surface area contributed by atoms with Crippen LogP contribution in [-0.4, -0.2) is 42.9 Å². The van der Waals surface area contributed by atoms with E-state index in [1.54, 1.807) is 0 Å². The van der Waals surface area contributed by atoms with Crippen molar-refractivity contribution in [2.24, 2.45) is 17.1 Å². The molecule has 0 bridgehead atoms. The molecule has 5 nitrogen and oxygen atoms in total. The number of primary amides is 1. The molecule has 5 heteroatoms. The topological polar surface area (TPSA) is 75.4 Å².